The Hall–Kier alpha value is -2.83. The highest BCUT2D eigenvalue weighted by molar-refractivity contribution is 5.83. The Labute approximate surface area is 182 Å². The van der Waals surface area contributed by atoms with E-state index in [0.29, 0.717) is 25.0 Å². The Kier molecular flexibility index (Phi) is 4.99. The molecule has 1 saturated carbocycles. The van der Waals surface area contributed by atoms with Crippen molar-refractivity contribution in [3.63, 3.8) is 0 Å². The van der Waals surface area contributed by atoms with Gasteiger partial charge in [0.1, 0.15) is 5.60 Å². The van der Waals surface area contributed by atoms with Crippen molar-refractivity contribution < 1.29 is 14.1 Å². The molecular formula is C24H30N4O3. The zero-order valence-corrected chi connectivity index (χ0v) is 18.5. The van der Waals surface area contributed by atoms with Crippen LogP contribution in [0, 0.1) is 0 Å². The lowest BCUT2D eigenvalue weighted by atomic mass is 9.93. The highest BCUT2D eigenvalue weighted by Gasteiger charge is 2.29. The summed E-state index contributed by atoms with van der Waals surface area (Å²) in [6.07, 6.45) is 7.12. The molecule has 0 N–H and O–H groups in total. The second-order valence-corrected chi connectivity index (χ2v) is 9.81. The molecule has 1 aliphatic carbocycles. The third-order valence-electron chi connectivity index (χ3n) is 6.40. The summed E-state index contributed by atoms with van der Waals surface area (Å²) in [6.45, 7) is 7.03. The molecule has 164 valence electrons. The van der Waals surface area contributed by atoms with Gasteiger partial charge in [0.25, 0.3) is 0 Å². The molecule has 3 heterocycles. The fourth-order valence-corrected chi connectivity index (χ4v) is 4.41. The van der Waals surface area contributed by atoms with Crippen LogP contribution >= 0.6 is 0 Å². The maximum Gasteiger partial charge on any atom is 0.410 e. The average molecular weight is 423 g/mol. The molecule has 31 heavy (non-hydrogen) atoms. The molecule has 1 saturated heterocycles. The summed E-state index contributed by atoms with van der Waals surface area (Å²) in [5.74, 6) is 1.08. The molecule has 2 fully saturated rings. The second kappa shape index (κ2) is 7.70. The van der Waals surface area contributed by atoms with Gasteiger partial charge in [-0.05, 0) is 58.9 Å². The van der Waals surface area contributed by atoms with Gasteiger partial charge in [-0.2, -0.15) is 5.10 Å². The molecule has 0 spiro atoms. The number of benzene rings is 1. The van der Waals surface area contributed by atoms with E-state index in [1.807, 2.05) is 27.0 Å². The molecule has 5 rings (SSSR count). The lowest BCUT2D eigenvalue weighted by Gasteiger charge is -2.32. The van der Waals surface area contributed by atoms with Crippen molar-refractivity contribution in [1.29, 1.82) is 0 Å². The number of fused-ring (bicyclic) bond motifs is 1. The van der Waals surface area contributed by atoms with E-state index in [2.05, 4.69) is 39.2 Å². The minimum Gasteiger partial charge on any atom is -0.444 e. The first-order valence-corrected chi connectivity index (χ1v) is 11.3. The van der Waals surface area contributed by atoms with Gasteiger partial charge >= 0.3 is 6.09 Å². The number of likely N-dealkylation sites (tertiary alicyclic amines) is 1. The van der Waals surface area contributed by atoms with Crippen molar-refractivity contribution in [2.24, 2.45) is 0 Å². The molecule has 2 aliphatic rings. The molecule has 0 unspecified atom stereocenters. The predicted octanol–water partition coefficient (Wildman–Crippen LogP) is 5.53. The monoisotopic (exact) mass is 422 g/mol. The van der Waals surface area contributed by atoms with E-state index in [4.69, 9.17) is 9.26 Å². The van der Waals surface area contributed by atoms with E-state index >= 15 is 0 Å². The van der Waals surface area contributed by atoms with Crippen LogP contribution in [0.1, 0.15) is 70.5 Å². The molecule has 7 heteroatoms. The molecule has 1 aromatic carbocycles. The van der Waals surface area contributed by atoms with Crippen molar-refractivity contribution >= 4 is 17.0 Å². The van der Waals surface area contributed by atoms with Gasteiger partial charge in [-0.25, -0.2) is 4.79 Å². The Balaban J connectivity index is 1.28. The summed E-state index contributed by atoms with van der Waals surface area (Å²) in [6, 6.07) is 8.92. The van der Waals surface area contributed by atoms with Crippen molar-refractivity contribution in [3.8, 4) is 11.3 Å². The fourth-order valence-electron chi connectivity index (χ4n) is 4.41. The number of hydrogen-bond donors (Lipinski definition) is 0. The third-order valence-corrected chi connectivity index (χ3v) is 6.40. The van der Waals surface area contributed by atoms with Gasteiger partial charge < -0.3 is 14.2 Å². The summed E-state index contributed by atoms with van der Waals surface area (Å²) in [4.78, 5) is 14.1. The summed E-state index contributed by atoms with van der Waals surface area (Å²) >= 11 is 0. The van der Waals surface area contributed by atoms with Crippen LogP contribution < -0.4 is 0 Å². The number of nitrogens with zero attached hydrogens (tertiary/aromatic N) is 4. The smallest absolute Gasteiger partial charge is 0.410 e. The Morgan fingerprint density at radius 2 is 1.90 bits per heavy atom. The zero-order valence-electron chi connectivity index (χ0n) is 18.5. The number of carbonyl (C=O) groups excluding carboxylic acids is 1. The van der Waals surface area contributed by atoms with Crippen LogP contribution in [0.3, 0.4) is 0 Å². The SMILES string of the molecule is CC(C)(C)OC(=O)N1CCC(c2cc(-c3ccc4cnn(C5CCC5)c4c3)on2)CC1. The molecule has 0 radical (unpaired) electrons. The van der Waals surface area contributed by atoms with Crippen LogP contribution in [0.2, 0.25) is 0 Å². The molecule has 0 bridgehead atoms. The molecular weight excluding hydrogens is 392 g/mol. The van der Waals surface area contributed by atoms with E-state index in [1.165, 1.54) is 19.3 Å². The van der Waals surface area contributed by atoms with Crippen molar-refractivity contribution in [1.82, 2.24) is 19.8 Å². The van der Waals surface area contributed by atoms with E-state index in [1.54, 1.807) is 4.90 Å². The molecule has 1 amide bonds. The van der Waals surface area contributed by atoms with Gasteiger partial charge in [-0.1, -0.05) is 17.3 Å². The zero-order chi connectivity index (χ0) is 21.6. The lowest BCUT2D eigenvalue weighted by Crippen LogP contribution is -2.41. The maximum absolute atomic E-state index is 12.3. The predicted molar refractivity (Wildman–Crippen MR) is 118 cm³/mol. The normalized spacial score (nSPS) is 18.4. The highest BCUT2D eigenvalue weighted by atomic mass is 16.6. The standard InChI is InChI=1S/C24H30N4O3/c1-24(2,3)30-23(29)27-11-9-16(10-12-27)20-14-22(31-26-20)17-7-8-18-15-25-28(21(18)13-17)19-5-4-6-19/h7-8,13-16,19H,4-6,9-12H2,1-3H3. The number of amides is 1. The van der Waals surface area contributed by atoms with Gasteiger partial charge in [0.05, 0.1) is 23.4 Å². The molecule has 1 aliphatic heterocycles. The van der Waals surface area contributed by atoms with Crippen LogP contribution in [-0.2, 0) is 4.74 Å². The average Bonchev–Trinajstić information content (AvgIpc) is 3.33. The largest absolute Gasteiger partial charge is 0.444 e. The number of carbonyl (C=O) groups is 1. The van der Waals surface area contributed by atoms with Crippen molar-refractivity contribution in [3.05, 3.63) is 36.2 Å². The van der Waals surface area contributed by atoms with E-state index in [-0.39, 0.29) is 6.09 Å². The molecule has 7 nitrogen and oxygen atoms in total. The first-order valence-electron chi connectivity index (χ1n) is 11.3. The summed E-state index contributed by atoms with van der Waals surface area (Å²) in [5, 5.41) is 10.1. The maximum atomic E-state index is 12.3. The molecule has 2 aromatic heterocycles. The van der Waals surface area contributed by atoms with Gasteiger partial charge in [-0.15, -0.1) is 0 Å². The third kappa shape index (κ3) is 4.05. The Morgan fingerprint density at radius 1 is 1.13 bits per heavy atom. The first kappa shape index (κ1) is 20.1. The van der Waals surface area contributed by atoms with E-state index in [0.717, 1.165) is 40.8 Å². The van der Waals surface area contributed by atoms with Crippen LogP contribution in [0.25, 0.3) is 22.2 Å². The van der Waals surface area contributed by atoms with Gasteiger partial charge in [0.2, 0.25) is 0 Å². The summed E-state index contributed by atoms with van der Waals surface area (Å²) in [7, 11) is 0. The van der Waals surface area contributed by atoms with Crippen LogP contribution in [0.15, 0.2) is 35.0 Å². The first-order chi connectivity index (χ1) is 14.9. The Morgan fingerprint density at radius 3 is 2.58 bits per heavy atom. The topological polar surface area (TPSA) is 73.4 Å². The summed E-state index contributed by atoms with van der Waals surface area (Å²) < 4.78 is 13.4. The van der Waals surface area contributed by atoms with Crippen LogP contribution in [-0.4, -0.2) is 44.6 Å². The minimum atomic E-state index is -0.468. The number of hydrogen-bond acceptors (Lipinski definition) is 5. The highest BCUT2D eigenvalue weighted by Crippen LogP contribution is 2.36. The number of rotatable bonds is 3. The van der Waals surface area contributed by atoms with Gasteiger partial charge in [-0.3, -0.25) is 4.68 Å². The lowest BCUT2D eigenvalue weighted by molar-refractivity contribution is 0.0203. The van der Waals surface area contributed by atoms with E-state index in [9.17, 15) is 4.79 Å². The van der Waals surface area contributed by atoms with Crippen molar-refractivity contribution in [2.45, 2.75) is 70.4 Å². The molecule has 3 aromatic rings. The minimum absolute atomic E-state index is 0.233. The number of ether oxygens (including phenoxy) is 1. The number of aromatic nitrogens is 3. The molecule has 0 atom stereocenters. The van der Waals surface area contributed by atoms with Crippen LogP contribution in [0.5, 0.6) is 0 Å². The van der Waals surface area contributed by atoms with Gasteiger partial charge in [0, 0.05) is 36.0 Å². The van der Waals surface area contributed by atoms with E-state index < -0.39 is 5.60 Å². The Bertz CT molecular complexity index is 1080. The van der Waals surface area contributed by atoms with Crippen LogP contribution in [0.4, 0.5) is 4.79 Å². The quantitative estimate of drug-likeness (QED) is 0.555. The second-order valence-electron chi connectivity index (χ2n) is 9.81. The van der Waals surface area contributed by atoms with Crippen molar-refractivity contribution in [2.75, 3.05) is 13.1 Å². The fraction of sp³-hybridized carbons (Fsp3) is 0.542. The van der Waals surface area contributed by atoms with Gasteiger partial charge in [0.15, 0.2) is 5.76 Å². The summed E-state index contributed by atoms with van der Waals surface area (Å²) in [5.41, 5.74) is 2.68. The number of piperidine rings is 1.